The average Bonchev–Trinajstić information content (AvgIpc) is 3.01. The topological polar surface area (TPSA) is 75.3 Å². The molecule has 0 unspecified atom stereocenters. The molecule has 0 radical (unpaired) electrons. The maximum absolute atomic E-state index is 5.30. The Morgan fingerprint density at radius 2 is 1.92 bits per heavy atom. The predicted molar refractivity (Wildman–Crippen MR) is 96.0 cm³/mol. The SMILES string of the molecule is COc1ccc(C=Nc2c(-c3ccccn3)[nH][nH]c2=S)cc1OC. The number of hydrogen-bond donors (Lipinski definition) is 2. The van der Waals surface area contributed by atoms with E-state index in [9.17, 15) is 0 Å². The van der Waals surface area contributed by atoms with Gasteiger partial charge in [0.05, 0.1) is 19.9 Å². The number of H-pyrrole nitrogens is 2. The molecule has 1 aromatic carbocycles. The lowest BCUT2D eigenvalue weighted by atomic mass is 10.2. The van der Waals surface area contributed by atoms with Crippen molar-refractivity contribution in [1.29, 1.82) is 0 Å². The van der Waals surface area contributed by atoms with Gasteiger partial charge in [-0.3, -0.25) is 20.2 Å². The molecule has 6 nitrogen and oxygen atoms in total. The van der Waals surface area contributed by atoms with E-state index in [2.05, 4.69) is 20.2 Å². The molecule has 122 valence electrons. The molecule has 0 amide bonds. The van der Waals surface area contributed by atoms with Crippen LogP contribution in [0.4, 0.5) is 5.69 Å². The lowest BCUT2D eigenvalue weighted by Gasteiger charge is -2.07. The predicted octanol–water partition coefficient (Wildman–Crippen LogP) is 3.90. The molecule has 3 aromatic rings. The summed E-state index contributed by atoms with van der Waals surface area (Å²) in [4.78, 5) is 8.84. The van der Waals surface area contributed by atoms with Crippen LogP contribution in [0.3, 0.4) is 0 Å². The van der Waals surface area contributed by atoms with E-state index in [0.29, 0.717) is 21.8 Å². The van der Waals surface area contributed by atoms with Gasteiger partial charge in [-0.25, -0.2) is 0 Å². The first-order chi connectivity index (χ1) is 11.7. The minimum absolute atomic E-state index is 0.521. The average molecular weight is 340 g/mol. The number of nitrogens with zero attached hydrogens (tertiary/aromatic N) is 2. The number of ether oxygens (including phenoxy) is 2. The van der Waals surface area contributed by atoms with Gasteiger partial charge in [0, 0.05) is 12.4 Å². The smallest absolute Gasteiger partial charge is 0.161 e. The number of benzene rings is 1. The van der Waals surface area contributed by atoms with Crippen molar-refractivity contribution < 1.29 is 9.47 Å². The Hall–Kier alpha value is -2.93. The summed E-state index contributed by atoms with van der Waals surface area (Å²) in [6, 6.07) is 11.2. The normalized spacial score (nSPS) is 10.9. The summed E-state index contributed by atoms with van der Waals surface area (Å²) in [5, 5.41) is 5.92. The highest BCUT2D eigenvalue weighted by Gasteiger charge is 2.09. The Kier molecular flexibility index (Phi) is 4.72. The molecule has 0 fully saturated rings. The number of aromatic nitrogens is 3. The van der Waals surface area contributed by atoms with Gasteiger partial charge in [0.1, 0.15) is 16.0 Å². The molecule has 0 aliphatic carbocycles. The van der Waals surface area contributed by atoms with Gasteiger partial charge in [-0.15, -0.1) is 0 Å². The largest absolute Gasteiger partial charge is 0.493 e. The fourth-order valence-corrected chi connectivity index (χ4v) is 2.45. The molecule has 7 heteroatoms. The van der Waals surface area contributed by atoms with Gasteiger partial charge in [-0.1, -0.05) is 18.3 Å². The number of nitrogens with one attached hydrogen (secondary N) is 2. The quantitative estimate of drug-likeness (QED) is 0.545. The molecule has 0 spiro atoms. The van der Waals surface area contributed by atoms with Crippen LogP contribution in [-0.4, -0.2) is 35.6 Å². The maximum atomic E-state index is 5.30. The highest BCUT2D eigenvalue weighted by molar-refractivity contribution is 7.71. The summed E-state index contributed by atoms with van der Waals surface area (Å²) < 4.78 is 11.1. The van der Waals surface area contributed by atoms with Gasteiger partial charge in [0.2, 0.25) is 0 Å². The van der Waals surface area contributed by atoms with E-state index in [-0.39, 0.29) is 0 Å². The zero-order valence-corrected chi connectivity index (χ0v) is 14.1. The number of hydrogen-bond acceptors (Lipinski definition) is 5. The summed E-state index contributed by atoms with van der Waals surface area (Å²) in [6.07, 6.45) is 3.45. The maximum Gasteiger partial charge on any atom is 0.161 e. The van der Waals surface area contributed by atoms with Crippen molar-refractivity contribution in [2.24, 2.45) is 4.99 Å². The molecule has 2 N–H and O–H groups in total. The van der Waals surface area contributed by atoms with Crippen molar-refractivity contribution in [3.63, 3.8) is 0 Å². The fraction of sp³-hybridized carbons (Fsp3) is 0.118. The van der Waals surface area contributed by atoms with Crippen molar-refractivity contribution in [3.05, 3.63) is 52.8 Å². The van der Waals surface area contributed by atoms with E-state index >= 15 is 0 Å². The molecule has 0 atom stereocenters. The summed E-state index contributed by atoms with van der Waals surface area (Å²) in [6.45, 7) is 0. The summed E-state index contributed by atoms with van der Waals surface area (Å²) in [5.74, 6) is 1.31. The Balaban J connectivity index is 1.96. The van der Waals surface area contributed by atoms with Crippen molar-refractivity contribution >= 4 is 24.1 Å². The van der Waals surface area contributed by atoms with Gasteiger partial charge in [-0.05, 0) is 35.9 Å². The van der Waals surface area contributed by atoms with Crippen LogP contribution in [0, 0.1) is 4.64 Å². The molecule has 0 aliphatic rings. The molecule has 24 heavy (non-hydrogen) atoms. The number of aliphatic imine (C=N–C) groups is 1. The molecule has 0 aliphatic heterocycles. The van der Waals surface area contributed by atoms with Crippen molar-refractivity contribution in [1.82, 2.24) is 15.2 Å². The van der Waals surface area contributed by atoms with Crippen molar-refractivity contribution in [3.8, 4) is 22.9 Å². The molecular weight excluding hydrogens is 324 g/mol. The van der Waals surface area contributed by atoms with Crippen LogP contribution in [0.1, 0.15) is 5.56 Å². The van der Waals surface area contributed by atoms with E-state index in [0.717, 1.165) is 17.0 Å². The second kappa shape index (κ2) is 7.10. The van der Waals surface area contributed by atoms with E-state index in [1.54, 1.807) is 26.6 Å². The standard InChI is InChI=1S/C17H16N4O2S/c1-22-13-7-6-11(9-14(13)23-2)10-19-16-15(20-21-17(16)24)12-5-3-4-8-18-12/h3-10H,1-2H3,(H2,20,21,24). The fourth-order valence-electron chi connectivity index (χ4n) is 2.24. The van der Waals surface area contributed by atoms with Crippen LogP contribution in [0.25, 0.3) is 11.4 Å². The number of aromatic amines is 2. The second-order valence-corrected chi connectivity index (χ2v) is 5.30. The number of pyridine rings is 1. The molecule has 3 rings (SSSR count). The number of rotatable bonds is 5. The lowest BCUT2D eigenvalue weighted by molar-refractivity contribution is 0.355. The monoisotopic (exact) mass is 340 g/mol. The van der Waals surface area contributed by atoms with Crippen molar-refractivity contribution in [2.45, 2.75) is 0 Å². The van der Waals surface area contributed by atoms with E-state index in [4.69, 9.17) is 21.7 Å². The van der Waals surface area contributed by atoms with Gasteiger partial charge in [-0.2, -0.15) is 0 Å². The third-order valence-corrected chi connectivity index (χ3v) is 3.72. The Morgan fingerprint density at radius 3 is 2.62 bits per heavy atom. The van der Waals surface area contributed by atoms with Gasteiger partial charge in [0.15, 0.2) is 11.5 Å². The van der Waals surface area contributed by atoms with E-state index in [1.165, 1.54) is 0 Å². The van der Waals surface area contributed by atoms with Crippen LogP contribution in [0.2, 0.25) is 0 Å². The molecule has 2 aromatic heterocycles. The van der Waals surface area contributed by atoms with Crippen LogP contribution < -0.4 is 9.47 Å². The van der Waals surface area contributed by atoms with Gasteiger partial charge < -0.3 is 9.47 Å². The Morgan fingerprint density at radius 1 is 1.08 bits per heavy atom. The van der Waals surface area contributed by atoms with Crippen LogP contribution in [-0.2, 0) is 0 Å². The summed E-state index contributed by atoms with van der Waals surface area (Å²) >= 11 is 5.30. The summed E-state index contributed by atoms with van der Waals surface area (Å²) in [7, 11) is 3.20. The minimum atomic E-state index is 0.521. The Bertz CT molecular complexity index is 916. The molecule has 2 heterocycles. The van der Waals surface area contributed by atoms with E-state index < -0.39 is 0 Å². The molecule has 0 saturated heterocycles. The molecule has 0 bridgehead atoms. The summed E-state index contributed by atoms with van der Waals surface area (Å²) in [5.41, 5.74) is 3.02. The zero-order valence-electron chi connectivity index (χ0n) is 13.2. The zero-order chi connectivity index (χ0) is 16.9. The third kappa shape index (κ3) is 3.21. The first kappa shape index (κ1) is 15.9. The Labute approximate surface area is 144 Å². The molecule has 0 saturated carbocycles. The van der Waals surface area contributed by atoms with Gasteiger partial charge >= 0.3 is 0 Å². The minimum Gasteiger partial charge on any atom is -0.493 e. The first-order valence-corrected chi connectivity index (χ1v) is 7.62. The number of methoxy groups -OCH3 is 2. The van der Waals surface area contributed by atoms with Crippen molar-refractivity contribution in [2.75, 3.05) is 14.2 Å². The van der Waals surface area contributed by atoms with Crippen LogP contribution in [0.15, 0.2) is 47.6 Å². The highest BCUT2D eigenvalue weighted by atomic mass is 32.1. The lowest BCUT2D eigenvalue weighted by Crippen LogP contribution is -1.92. The van der Waals surface area contributed by atoms with Crippen LogP contribution in [0.5, 0.6) is 11.5 Å². The van der Waals surface area contributed by atoms with Crippen LogP contribution >= 0.6 is 12.2 Å². The van der Waals surface area contributed by atoms with Gasteiger partial charge in [0.25, 0.3) is 0 Å². The molecular formula is C17H16N4O2S. The second-order valence-electron chi connectivity index (χ2n) is 4.89. The highest BCUT2D eigenvalue weighted by Crippen LogP contribution is 2.29. The first-order valence-electron chi connectivity index (χ1n) is 7.21. The third-order valence-electron chi connectivity index (χ3n) is 3.42. The van der Waals surface area contributed by atoms with E-state index in [1.807, 2.05) is 36.4 Å².